The van der Waals surface area contributed by atoms with Crippen molar-refractivity contribution in [2.75, 3.05) is 37.0 Å². The molecule has 188 valence electrons. The fourth-order valence-corrected chi connectivity index (χ4v) is 3.94. The van der Waals surface area contributed by atoms with Crippen molar-refractivity contribution in [2.45, 2.75) is 19.4 Å². The number of nitrogens with one attached hydrogen (secondary N) is 2. The molecule has 1 aromatic heterocycles. The Morgan fingerprint density at radius 1 is 1.14 bits per heavy atom. The number of aryl methyl sites for hydroxylation is 1. The van der Waals surface area contributed by atoms with Crippen molar-refractivity contribution in [3.8, 4) is 11.5 Å². The van der Waals surface area contributed by atoms with Crippen LogP contribution >= 0.6 is 0 Å². The van der Waals surface area contributed by atoms with E-state index in [-0.39, 0.29) is 36.7 Å². The molecule has 2 N–H and O–H groups in total. The summed E-state index contributed by atoms with van der Waals surface area (Å²) < 4.78 is 12.7. The molecule has 2 aromatic carbocycles. The van der Waals surface area contributed by atoms with E-state index in [9.17, 15) is 14.4 Å². The fraction of sp³-hybridized carbons (Fsp3) is 0.308. The van der Waals surface area contributed by atoms with Gasteiger partial charge >= 0.3 is 0 Å². The fourth-order valence-electron chi connectivity index (χ4n) is 3.94. The predicted octanol–water partition coefficient (Wildman–Crippen LogP) is 2.47. The Hall–Kier alpha value is -4.34. The number of ether oxygens (including phenoxy) is 2. The highest BCUT2D eigenvalue weighted by Crippen LogP contribution is 2.27. The van der Waals surface area contributed by atoms with Gasteiger partial charge in [0.25, 0.3) is 5.91 Å². The zero-order valence-corrected chi connectivity index (χ0v) is 20.1. The Bertz CT molecular complexity index is 1180. The number of carbonyl (C=O) groups is 3. The van der Waals surface area contributed by atoms with E-state index in [2.05, 4.69) is 15.6 Å². The molecule has 3 aromatic rings. The van der Waals surface area contributed by atoms with Crippen molar-refractivity contribution in [1.29, 1.82) is 0 Å². The largest absolute Gasteiger partial charge is 0.497 e. The summed E-state index contributed by atoms with van der Waals surface area (Å²) in [6, 6.07) is 13.9. The minimum Gasteiger partial charge on any atom is -0.497 e. The molecule has 1 aliphatic heterocycles. The van der Waals surface area contributed by atoms with Crippen LogP contribution in [0, 0.1) is 5.92 Å². The summed E-state index contributed by atoms with van der Waals surface area (Å²) in [5, 5.41) is 5.67. The standard InChI is InChI=1S/C26H29N5O5/c1-35-23-5-2-4-20(15-23)29-24(32)17-36-22-8-6-21(7-9-22)31-16-19(14-25(31)33)26(34)28-10-3-12-30-13-11-27-18-30/h2,4-9,11,13,15,18-19H,3,10,12,14,16-17H2,1H3,(H,28,34)(H,29,32)/t19-/m1/s1. The number of hydrogen-bond acceptors (Lipinski definition) is 6. The third-order valence-electron chi connectivity index (χ3n) is 5.82. The van der Waals surface area contributed by atoms with E-state index in [1.807, 2.05) is 10.8 Å². The molecule has 10 nitrogen and oxygen atoms in total. The normalized spacial score (nSPS) is 15.0. The maximum Gasteiger partial charge on any atom is 0.262 e. The van der Waals surface area contributed by atoms with Crippen molar-refractivity contribution >= 4 is 29.1 Å². The maximum atomic E-state index is 12.5. The molecular weight excluding hydrogens is 462 g/mol. The first-order valence-electron chi connectivity index (χ1n) is 11.7. The monoisotopic (exact) mass is 491 g/mol. The van der Waals surface area contributed by atoms with Gasteiger partial charge in [0.2, 0.25) is 11.8 Å². The number of aromatic nitrogens is 2. The van der Waals surface area contributed by atoms with Crippen molar-refractivity contribution in [1.82, 2.24) is 14.9 Å². The third-order valence-corrected chi connectivity index (χ3v) is 5.82. The smallest absolute Gasteiger partial charge is 0.262 e. The van der Waals surface area contributed by atoms with Crippen molar-refractivity contribution in [3.63, 3.8) is 0 Å². The van der Waals surface area contributed by atoms with Crippen molar-refractivity contribution in [3.05, 3.63) is 67.3 Å². The average Bonchev–Trinajstić information content (AvgIpc) is 3.55. The van der Waals surface area contributed by atoms with E-state index in [1.165, 1.54) is 0 Å². The lowest BCUT2D eigenvalue weighted by molar-refractivity contribution is -0.126. The molecule has 0 aliphatic carbocycles. The van der Waals surface area contributed by atoms with Crippen molar-refractivity contribution < 1.29 is 23.9 Å². The highest BCUT2D eigenvalue weighted by molar-refractivity contribution is 6.00. The molecule has 1 saturated heterocycles. The summed E-state index contributed by atoms with van der Waals surface area (Å²) in [4.78, 5) is 42.8. The number of amides is 3. The number of nitrogens with zero attached hydrogens (tertiary/aromatic N) is 3. The summed E-state index contributed by atoms with van der Waals surface area (Å²) in [5.41, 5.74) is 1.30. The Morgan fingerprint density at radius 3 is 2.72 bits per heavy atom. The first-order valence-corrected chi connectivity index (χ1v) is 11.7. The van der Waals surface area contributed by atoms with E-state index < -0.39 is 0 Å². The van der Waals surface area contributed by atoms with E-state index in [0.29, 0.717) is 36.0 Å². The number of imidazole rings is 1. The highest BCUT2D eigenvalue weighted by Gasteiger charge is 2.34. The van der Waals surface area contributed by atoms with Crippen LogP contribution in [-0.4, -0.2) is 54.1 Å². The number of carbonyl (C=O) groups excluding carboxylic acids is 3. The molecule has 10 heteroatoms. The molecule has 0 unspecified atom stereocenters. The lowest BCUT2D eigenvalue weighted by Gasteiger charge is -2.17. The van der Waals surface area contributed by atoms with E-state index in [1.54, 1.807) is 73.1 Å². The zero-order chi connectivity index (χ0) is 25.3. The van der Waals surface area contributed by atoms with E-state index in [0.717, 1.165) is 13.0 Å². The first-order chi connectivity index (χ1) is 17.5. The van der Waals surface area contributed by atoms with Crippen molar-refractivity contribution in [2.24, 2.45) is 5.92 Å². The minimum atomic E-state index is -0.387. The van der Waals surface area contributed by atoms with Gasteiger partial charge in [-0.05, 0) is 42.8 Å². The molecule has 1 aliphatic rings. The quantitative estimate of drug-likeness (QED) is 0.398. The van der Waals surface area contributed by atoms with Crippen LogP contribution in [-0.2, 0) is 20.9 Å². The number of hydrogen-bond donors (Lipinski definition) is 2. The second kappa shape index (κ2) is 11.9. The number of benzene rings is 2. The van der Waals surface area contributed by atoms with Crippen LogP contribution in [0.25, 0.3) is 0 Å². The van der Waals surface area contributed by atoms with Gasteiger partial charge in [-0.25, -0.2) is 4.98 Å². The minimum absolute atomic E-state index is 0.0973. The Labute approximate surface area is 209 Å². The molecule has 0 spiro atoms. The first kappa shape index (κ1) is 24.8. The molecule has 1 fully saturated rings. The van der Waals surface area contributed by atoms with Crippen LogP contribution < -0.4 is 25.0 Å². The zero-order valence-electron chi connectivity index (χ0n) is 20.1. The summed E-state index contributed by atoms with van der Waals surface area (Å²) in [7, 11) is 1.56. The van der Waals surface area contributed by atoms with Crippen LogP contribution in [0.15, 0.2) is 67.3 Å². The third kappa shape index (κ3) is 6.62. The average molecular weight is 492 g/mol. The molecule has 4 rings (SSSR count). The maximum absolute atomic E-state index is 12.5. The molecule has 3 amide bonds. The van der Waals surface area contributed by atoms with E-state index >= 15 is 0 Å². The molecule has 36 heavy (non-hydrogen) atoms. The lowest BCUT2D eigenvalue weighted by atomic mass is 10.1. The Kier molecular flexibility index (Phi) is 8.17. The Morgan fingerprint density at radius 2 is 1.97 bits per heavy atom. The summed E-state index contributed by atoms with van der Waals surface area (Å²) in [5.74, 6) is 0.241. The topological polar surface area (TPSA) is 115 Å². The second-order valence-electron chi connectivity index (χ2n) is 8.41. The summed E-state index contributed by atoms with van der Waals surface area (Å²) >= 11 is 0. The van der Waals surface area contributed by atoms with Gasteiger partial charge in [-0.1, -0.05) is 6.07 Å². The molecule has 0 bridgehead atoms. The van der Waals surface area contributed by atoms with Gasteiger partial charge in [0.1, 0.15) is 11.5 Å². The van der Waals surface area contributed by atoms with Crippen LogP contribution in [0.4, 0.5) is 11.4 Å². The number of anilines is 2. The summed E-state index contributed by atoms with van der Waals surface area (Å²) in [6.07, 6.45) is 6.30. The van der Waals surface area contributed by atoms with Gasteiger partial charge in [0.05, 0.1) is 19.4 Å². The lowest BCUT2D eigenvalue weighted by Crippen LogP contribution is -2.33. The van der Waals surface area contributed by atoms with Crippen LogP contribution in [0.3, 0.4) is 0 Å². The van der Waals surface area contributed by atoms with Gasteiger partial charge < -0.3 is 29.6 Å². The number of methoxy groups -OCH3 is 1. The molecule has 2 heterocycles. The molecule has 0 saturated carbocycles. The van der Waals surface area contributed by atoms with Gasteiger partial charge in [0, 0.05) is 55.9 Å². The van der Waals surface area contributed by atoms with Gasteiger partial charge in [-0.2, -0.15) is 0 Å². The predicted molar refractivity (Wildman–Crippen MR) is 134 cm³/mol. The van der Waals surface area contributed by atoms with Gasteiger partial charge in [0.15, 0.2) is 6.61 Å². The molecule has 1 atom stereocenters. The summed E-state index contributed by atoms with van der Waals surface area (Å²) in [6.45, 7) is 1.48. The van der Waals surface area contributed by atoms with Crippen LogP contribution in [0.1, 0.15) is 12.8 Å². The molecular formula is C26H29N5O5. The highest BCUT2D eigenvalue weighted by atomic mass is 16.5. The second-order valence-corrected chi connectivity index (χ2v) is 8.41. The van der Waals surface area contributed by atoms with Crippen LogP contribution in [0.5, 0.6) is 11.5 Å². The van der Waals surface area contributed by atoms with Gasteiger partial charge in [-0.15, -0.1) is 0 Å². The van der Waals surface area contributed by atoms with E-state index in [4.69, 9.17) is 9.47 Å². The Balaban J connectivity index is 1.22. The van der Waals surface area contributed by atoms with Gasteiger partial charge in [-0.3, -0.25) is 14.4 Å². The van der Waals surface area contributed by atoms with Crippen LogP contribution in [0.2, 0.25) is 0 Å². The molecule has 0 radical (unpaired) electrons. The number of rotatable bonds is 11. The SMILES string of the molecule is COc1cccc(NC(=O)COc2ccc(N3C[C@H](C(=O)NCCCn4ccnc4)CC3=O)cc2)c1.